The van der Waals surface area contributed by atoms with Crippen LogP contribution >= 0.6 is 11.8 Å². The van der Waals surface area contributed by atoms with Gasteiger partial charge in [0.2, 0.25) is 0 Å². The van der Waals surface area contributed by atoms with E-state index >= 15 is 0 Å². The number of rotatable bonds is 4. The summed E-state index contributed by atoms with van der Waals surface area (Å²) in [5, 5.41) is 12.0. The van der Waals surface area contributed by atoms with Crippen LogP contribution < -0.4 is 5.32 Å². The minimum atomic E-state index is -0.829. The van der Waals surface area contributed by atoms with Crippen molar-refractivity contribution in [2.24, 2.45) is 0 Å². The summed E-state index contributed by atoms with van der Waals surface area (Å²) in [5.41, 5.74) is 0.418. The molecule has 1 aliphatic heterocycles. The zero-order valence-corrected chi connectivity index (χ0v) is 9.27. The third-order valence-electron chi connectivity index (χ3n) is 2.31. The SMILES string of the molecule is C/C(=C\CNC1CCCSC1)C(=O)O. The van der Waals surface area contributed by atoms with Gasteiger partial charge in [-0.25, -0.2) is 4.79 Å². The number of hydrogen-bond acceptors (Lipinski definition) is 3. The fraction of sp³-hybridized carbons (Fsp3) is 0.700. The van der Waals surface area contributed by atoms with Crippen LogP contribution in [-0.2, 0) is 4.79 Å². The molecule has 14 heavy (non-hydrogen) atoms. The molecule has 0 aromatic carbocycles. The van der Waals surface area contributed by atoms with Gasteiger partial charge in [-0.05, 0) is 25.5 Å². The van der Waals surface area contributed by atoms with E-state index in [1.165, 1.54) is 18.6 Å². The average molecular weight is 215 g/mol. The molecule has 1 fully saturated rings. The molecule has 0 aromatic rings. The van der Waals surface area contributed by atoms with Gasteiger partial charge in [-0.1, -0.05) is 6.08 Å². The predicted molar refractivity (Wildman–Crippen MR) is 59.7 cm³/mol. The normalized spacial score (nSPS) is 23.5. The maximum atomic E-state index is 10.5. The Hall–Kier alpha value is -0.480. The number of carbonyl (C=O) groups is 1. The largest absolute Gasteiger partial charge is 0.478 e. The molecule has 2 N–H and O–H groups in total. The molecular formula is C10H17NO2S. The number of carboxylic acid groups (broad SMARTS) is 1. The van der Waals surface area contributed by atoms with E-state index in [4.69, 9.17) is 5.11 Å². The van der Waals surface area contributed by atoms with Gasteiger partial charge in [0.25, 0.3) is 0 Å². The third kappa shape index (κ3) is 4.15. The van der Waals surface area contributed by atoms with Crippen LogP contribution in [0.2, 0.25) is 0 Å². The summed E-state index contributed by atoms with van der Waals surface area (Å²) in [5.74, 6) is 1.59. The van der Waals surface area contributed by atoms with Crippen molar-refractivity contribution in [3.05, 3.63) is 11.6 Å². The van der Waals surface area contributed by atoms with Gasteiger partial charge in [0, 0.05) is 23.9 Å². The summed E-state index contributed by atoms with van der Waals surface area (Å²) < 4.78 is 0. The number of hydrogen-bond donors (Lipinski definition) is 2. The number of aliphatic carboxylic acids is 1. The van der Waals surface area contributed by atoms with Crippen molar-refractivity contribution < 1.29 is 9.90 Å². The Morgan fingerprint density at radius 2 is 2.50 bits per heavy atom. The van der Waals surface area contributed by atoms with Crippen molar-refractivity contribution in [3.63, 3.8) is 0 Å². The standard InChI is InChI=1S/C10H17NO2S/c1-8(10(12)13)4-5-11-9-3-2-6-14-7-9/h4,9,11H,2-3,5-7H2,1H3,(H,12,13)/b8-4+. The van der Waals surface area contributed by atoms with E-state index in [2.05, 4.69) is 5.32 Å². The Kier molecular flexibility index (Phi) is 5.04. The summed E-state index contributed by atoms with van der Waals surface area (Å²) in [6.07, 6.45) is 4.22. The van der Waals surface area contributed by atoms with Crippen LogP contribution in [-0.4, -0.2) is 35.2 Å². The molecule has 3 nitrogen and oxygen atoms in total. The van der Waals surface area contributed by atoms with Crippen LogP contribution in [0.4, 0.5) is 0 Å². The molecule has 0 spiro atoms. The van der Waals surface area contributed by atoms with Crippen molar-refractivity contribution in [1.29, 1.82) is 0 Å². The van der Waals surface area contributed by atoms with Crippen LogP contribution in [0, 0.1) is 0 Å². The second-order valence-electron chi connectivity index (χ2n) is 3.51. The van der Waals surface area contributed by atoms with E-state index in [0.29, 0.717) is 18.2 Å². The average Bonchev–Trinajstić information content (AvgIpc) is 2.19. The van der Waals surface area contributed by atoms with Crippen LogP contribution in [0.1, 0.15) is 19.8 Å². The molecule has 80 valence electrons. The Morgan fingerprint density at radius 1 is 1.71 bits per heavy atom. The quantitative estimate of drug-likeness (QED) is 0.698. The molecule has 0 amide bonds. The molecule has 0 aromatic heterocycles. The van der Waals surface area contributed by atoms with Gasteiger partial charge in [-0.2, -0.15) is 11.8 Å². The molecule has 1 saturated heterocycles. The van der Waals surface area contributed by atoms with E-state index in [1.807, 2.05) is 11.8 Å². The second-order valence-corrected chi connectivity index (χ2v) is 4.66. The molecule has 1 atom stereocenters. The second kappa shape index (κ2) is 6.09. The van der Waals surface area contributed by atoms with Gasteiger partial charge in [-0.3, -0.25) is 0 Å². The molecule has 1 heterocycles. The highest BCUT2D eigenvalue weighted by atomic mass is 32.2. The van der Waals surface area contributed by atoms with Crippen LogP contribution in [0.25, 0.3) is 0 Å². The van der Waals surface area contributed by atoms with Crippen molar-refractivity contribution in [3.8, 4) is 0 Å². The van der Waals surface area contributed by atoms with Gasteiger partial charge >= 0.3 is 5.97 Å². The summed E-state index contributed by atoms with van der Waals surface area (Å²) in [6, 6.07) is 0.562. The highest BCUT2D eigenvalue weighted by Crippen LogP contribution is 2.16. The first-order chi connectivity index (χ1) is 6.70. The lowest BCUT2D eigenvalue weighted by Crippen LogP contribution is -2.33. The van der Waals surface area contributed by atoms with Crippen molar-refractivity contribution >= 4 is 17.7 Å². The van der Waals surface area contributed by atoms with E-state index in [-0.39, 0.29) is 0 Å². The fourth-order valence-corrected chi connectivity index (χ4v) is 2.47. The molecule has 0 saturated carbocycles. The van der Waals surface area contributed by atoms with Crippen molar-refractivity contribution in [2.75, 3.05) is 18.1 Å². The van der Waals surface area contributed by atoms with Gasteiger partial charge in [-0.15, -0.1) is 0 Å². The summed E-state index contributed by atoms with van der Waals surface area (Å²) in [6.45, 7) is 2.29. The first-order valence-electron chi connectivity index (χ1n) is 4.91. The molecule has 4 heteroatoms. The highest BCUT2D eigenvalue weighted by molar-refractivity contribution is 7.99. The van der Waals surface area contributed by atoms with Gasteiger partial charge in [0.05, 0.1) is 0 Å². The predicted octanol–water partition coefficient (Wildman–Crippen LogP) is 1.50. The van der Waals surface area contributed by atoms with E-state index in [9.17, 15) is 4.79 Å². The zero-order chi connectivity index (χ0) is 10.4. The first kappa shape index (κ1) is 11.6. The van der Waals surface area contributed by atoms with Crippen LogP contribution in [0.15, 0.2) is 11.6 Å². The van der Waals surface area contributed by atoms with Crippen molar-refractivity contribution in [1.82, 2.24) is 5.32 Å². The van der Waals surface area contributed by atoms with Gasteiger partial charge in [0.1, 0.15) is 0 Å². The zero-order valence-electron chi connectivity index (χ0n) is 8.45. The lowest BCUT2D eigenvalue weighted by molar-refractivity contribution is -0.132. The molecule has 1 rings (SSSR count). The number of carboxylic acids is 1. The summed E-state index contributed by atoms with van der Waals surface area (Å²) >= 11 is 1.97. The first-order valence-corrected chi connectivity index (χ1v) is 6.07. The monoisotopic (exact) mass is 215 g/mol. The lowest BCUT2D eigenvalue weighted by Gasteiger charge is -2.21. The van der Waals surface area contributed by atoms with Gasteiger partial charge < -0.3 is 10.4 Å². The minimum absolute atomic E-state index is 0.418. The van der Waals surface area contributed by atoms with Crippen molar-refractivity contribution in [2.45, 2.75) is 25.8 Å². The molecule has 0 radical (unpaired) electrons. The molecule has 0 bridgehead atoms. The third-order valence-corrected chi connectivity index (χ3v) is 3.53. The molecular weight excluding hydrogens is 198 g/mol. The Morgan fingerprint density at radius 3 is 3.07 bits per heavy atom. The Bertz CT molecular complexity index is 222. The smallest absolute Gasteiger partial charge is 0.330 e. The fourth-order valence-electron chi connectivity index (χ4n) is 1.37. The Balaban J connectivity index is 2.19. The molecule has 1 unspecified atom stereocenters. The number of thioether (sulfide) groups is 1. The molecule has 1 aliphatic rings. The van der Waals surface area contributed by atoms with E-state index in [0.717, 1.165) is 5.75 Å². The molecule has 0 aliphatic carbocycles. The topological polar surface area (TPSA) is 49.3 Å². The van der Waals surface area contributed by atoms with E-state index in [1.54, 1.807) is 13.0 Å². The van der Waals surface area contributed by atoms with Gasteiger partial charge in [0.15, 0.2) is 0 Å². The number of nitrogens with one attached hydrogen (secondary N) is 1. The van der Waals surface area contributed by atoms with Crippen LogP contribution in [0.5, 0.6) is 0 Å². The van der Waals surface area contributed by atoms with Crippen LogP contribution in [0.3, 0.4) is 0 Å². The Labute approximate surface area is 89.0 Å². The summed E-state index contributed by atoms with van der Waals surface area (Å²) in [4.78, 5) is 10.5. The maximum Gasteiger partial charge on any atom is 0.330 e. The summed E-state index contributed by atoms with van der Waals surface area (Å²) in [7, 11) is 0. The lowest BCUT2D eigenvalue weighted by atomic mass is 10.2. The minimum Gasteiger partial charge on any atom is -0.478 e. The highest BCUT2D eigenvalue weighted by Gasteiger charge is 2.11. The maximum absolute atomic E-state index is 10.5. The van der Waals surface area contributed by atoms with E-state index < -0.39 is 5.97 Å².